The number of aliphatic carboxylic acids is 1. The molecule has 6 heteroatoms. The van der Waals surface area contributed by atoms with Crippen molar-refractivity contribution < 1.29 is 19.8 Å². The number of aliphatic hydroxyl groups is 1. The Morgan fingerprint density at radius 1 is 1.32 bits per heavy atom. The molecule has 0 fully saturated rings. The van der Waals surface area contributed by atoms with E-state index in [-0.39, 0.29) is 18.7 Å². The molecule has 3 N–H and O–H groups in total. The zero-order chi connectivity index (χ0) is 14.4. The molecule has 1 rings (SSSR count). The molecule has 0 aromatic heterocycles. The Morgan fingerprint density at radius 3 is 2.37 bits per heavy atom. The van der Waals surface area contributed by atoms with Gasteiger partial charge in [-0.2, -0.15) is 0 Å². The molecule has 0 radical (unpaired) electrons. The Hall–Kier alpha value is -1.24. The van der Waals surface area contributed by atoms with Gasteiger partial charge in [0.05, 0.1) is 6.10 Å². The molecule has 1 aromatic rings. The van der Waals surface area contributed by atoms with E-state index in [1.54, 1.807) is 24.3 Å². The highest BCUT2D eigenvalue weighted by molar-refractivity contribution is 9.10. The second-order valence-corrected chi connectivity index (χ2v) is 5.11. The molecule has 0 aliphatic carbocycles. The van der Waals surface area contributed by atoms with Crippen molar-refractivity contribution in [1.29, 1.82) is 0 Å². The Morgan fingerprint density at radius 2 is 1.89 bits per heavy atom. The first kappa shape index (κ1) is 15.8. The summed E-state index contributed by atoms with van der Waals surface area (Å²) in [6.45, 7) is 1.60. The van der Waals surface area contributed by atoms with Gasteiger partial charge in [0.25, 0.3) is 0 Å². The Kier molecular flexibility index (Phi) is 6.14. The third-order valence-corrected chi connectivity index (χ3v) is 3.16. The second kappa shape index (κ2) is 7.37. The minimum absolute atomic E-state index is 0.0743. The molecule has 104 valence electrons. The Balaban J connectivity index is 2.46. The summed E-state index contributed by atoms with van der Waals surface area (Å²) < 4.78 is 0.891. The molecular formula is C13H16BrNO4. The number of aliphatic hydroxyl groups excluding tert-OH is 1. The molecule has 0 spiro atoms. The van der Waals surface area contributed by atoms with Crippen LogP contribution in [0.2, 0.25) is 0 Å². The third kappa shape index (κ3) is 5.10. The highest BCUT2D eigenvalue weighted by Gasteiger charge is 2.22. The fraction of sp³-hybridized carbons (Fsp3) is 0.385. The van der Waals surface area contributed by atoms with Crippen molar-refractivity contribution >= 4 is 27.7 Å². The van der Waals surface area contributed by atoms with Gasteiger partial charge in [0.1, 0.15) is 6.04 Å². The van der Waals surface area contributed by atoms with E-state index in [4.69, 9.17) is 5.11 Å². The summed E-state index contributed by atoms with van der Waals surface area (Å²) in [5.41, 5.74) is 0.578. The van der Waals surface area contributed by atoms with Gasteiger partial charge in [-0.25, -0.2) is 0 Å². The number of carboxylic acid groups (broad SMARTS) is 1. The number of benzene rings is 1. The lowest BCUT2D eigenvalue weighted by Gasteiger charge is -2.16. The van der Waals surface area contributed by atoms with Gasteiger partial charge < -0.3 is 15.5 Å². The van der Waals surface area contributed by atoms with Crippen LogP contribution in [0.1, 0.15) is 23.7 Å². The van der Waals surface area contributed by atoms with Gasteiger partial charge in [0.15, 0.2) is 5.78 Å². The van der Waals surface area contributed by atoms with Gasteiger partial charge >= 0.3 is 5.97 Å². The molecule has 0 aliphatic rings. The van der Waals surface area contributed by atoms with Crippen molar-refractivity contribution in [3.05, 3.63) is 34.3 Å². The van der Waals surface area contributed by atoms with E-state index < -0.39 is 18.1 Å². The van der Waals surface area contributed by atoms with Crippen molar-refractivity contribution in [3.63, 3.8) is 0 Å². The maximum Gasteiger partial charge on any atom is 0.323 e. The molecule has 0 aliphatic heterocycles. The summed E-state index contributed by atoms with van der Waals surface area (Å²) >= 11 is 3.28. The average molecular weight is 330 g/mol. The van der Waals surface area contributed by atoms with Crippen LogP contribution >= 0.6 is 15.9 Å². The smallest absolute Gasteiger partial charge is 0.323 e. The molecule has 2 unspecified atom stereocenters. The van der Waals surface area contributed by atoms with Crippen LogP contribution in [0.4, 0.5) is 0 Å². The lowest BCUT2D eigenvalue weighted by atomic mass is 10.1. The quantitative estimate of drug-likeness (QED) is 0.659. The van der Waals surface area contributed by atoms with E-state index in [9.17, 15) is 14.7 Å². The van der Waals surface area contributed by atoms with E-state index in [0.717, 1.165) is 4.47 Å². The first-order chi connectivity index (χ1) is 8.91. The van der Waals surface area contributed by atoms with Crippen LogP contribution in [0.25, 0.3) is 0 Å². The van der Waals surface area contributed by atoms with Crippen molar-refractivity contribution in [2.75, 3.05) is 6.54 Å². The highest BCUT2D eigenvalue weighted by atomic mass is 79.9. The van der Waals surface area contributed by atoms with E-state index in [1.165, 1.54) is 6.92 Å². The Bertz CT molecular complexity index is 444. The first-order valence-electron chi connectivity index (χ1n) is 5.85. The van der Waals surface area contributed by atoms with E-state index in [1.807, 2.05) is 0 Å². The molecule has 0 heterocycles. The molecule has 5 nitrogen and oxygen atoms in total. The van der Waals surface area contributed by atoms with Crippen LogP contribution in [0.15, 0.2) is 28.7 Å². The van der Waals surface area contributed by atoms with E-state index >= 15 is 0 Å². The zero-order valence-electron chi connectivity index (χ0n) is 10.5. The summed E-state index contributed by atoms with van der Waals surface area (Å²) in [4.78, 5) is 22.6. The minimum atomic E-state index is -1.13. The third-order valence-electron chi connectivity index (χ3n) is 2.63. The number of carboxylic acids is 1. The van der Waals surface area contributed by atoms with E-state index in [2.05, 4.69) is 21.2 Å². The van der Waals surface area contributed by atoms with Crippen molar-refractivity contribution in [3.8, 4) is 0 Å². The number of carbonyl (C=O) groups is 2. The lowest BCUT2D eigenvalue weighted by Crippen LogP contribution is -2.45. The molecule has 2 atom stereocenters. The number of carbonyl (C=O) groups excluding carboxylic acids is 1. The van der Waals surface area contributed by atoms with Crippen LogP contribution in [0.3, 0.4) is 0 Å². The Labute approximate surface area is 119 Å². The van der Waals surface area contributed by atoms with Crippen molar-refractivity contribution in [2.45, 2.75) is 25.5 Å². The van der Waals surface area contributed by atoms with E-state index in [0.29, 0.717) is 5.56 Å². The van der Waals surface area contributed by atoms with Crippen LogP contribution in [0.5, 0.6) is 0 Å². The maximum absolute atomic E-state index is 11.8. The van der Waals surface area contributed by atoms with Crippen molar-refractivity contribution in [1.82, 2.24) is 5.32 Å². The normalized spacial score (nSPS) is 13.8. The molecule has 1 aromatic carbocycles. The second-order valence-electron chi connectivity index (χ2n) is 4.19. The SMILES string of the molecule is CC(O)C(NCCC(=O)c1ccc(Br)cc1)C(=O)O. The number of hydrogen-bond acceptors (Lipinski definition) is 4. The minimum Gasteiger partial charge on any atom is -0.480 e. The van der Waals surface area contributed by atoms with Gasteiger partial charge in [-0.3, -0.25) is 9.59 Å². The number of Topliss-reactive ketones (excluding diaryl/α,β-unsaturated/α-hetero) is 1. The van der Waals surface area contributed by atoms with Gasteiger partial charge in [-0.1, -0.05) is 28.1 Å². The number of hydrogen-bond donors (Lipinski definition) is 3. The summed E-state index contributed by atoms with van der Waals surface area (Å²) in [6.07, 6.45) is -0.835. The molecule has 0 saturated heterocycles. The fourth-order valence-electron chi connectivity index (χ4n) is 1.59. The number of halogens is 1. The van der Waals surface area contributed by atoms with Gasteiger partial charge in [-0.05, 0) is 19.1 Å². The zero-order valence-corrected chi connectivity index (χ0v) is 12.1. The van der Waals surface area contributed by atoms with Crippen molar-refractivity contribution in [2.24, 2.45) is 0 Å². The van der Waals surface area contributed by atoms with Gasteiger partial charge in [-0.15, -0.1) is 0 Å². The van der Waals surface area contributed by atoms with Crippen LogP contribution in [0, 0.1) is 0 Å². The molecule has 19 heavy (non-hydrogen) atoms. The summed E-state index contributed by atoms with van der Waals surface area (Å²) in [7, 11) is 0. The average Bonchev–Trinajstić information content (AvgIpc) is 2.34. The first-order valence-corrected chi connectivity index (χ1v) is 6.64. The van der Waals surface area contributed by atoms with Crippen LogP contribution in [-0.4, -0.2) is 40.7 Å². The monoisotopic (exact) mass is 329 g/mol. The number of rotatable bonds is 7. The molecule has 0 bridgehead atoms. The summed E-state index contributed by atoms with van der Waals surface area (Å²) in [5.74, 6) is -1.21. The predicted molar refractivity (Wildman–Crippen MR) is 74.2 cm³/mol. The topological polar surface area (TPSA) is 86.6 Å². The maximum atomic E-state index is 11.8. The molecule has 0 saturated carbocycles. The standard InChI is InChI=1S/C13H16BrNO4/c1-8(16)12(13(18)19)15-7-6-11(17)9-2-4-10(14)5-3-9/h2-5,8,12,15-16H,6-7H2,1H3,(H,18,19). The number of ketones is 1. The summed E-state index contributed by atoms with van der Waals surface area (Å²) in [6, 6.07) is 5.90. The fourth-order valence-corrected chi connectivity index (χ4v) is 1.85. The van der Waals surface area contributed by atoms with Crippen LogP contribution in [-0.2, 0) is 4.79 Å². The van der Waals surface area contributed by atoms with Gasteiger partial charge in [0.2, 0.25) is 0 Å². The molecular weight excluding hydrogens is 314 g/mol. The largest absolute Gasteiger partial charge is 0.480 e. The predicted octanol–water partition coefficient (Wildman–Crippen LogP) is 1.45. The van der Waals surface area contributed by atoms with Crippen LogP contribution < -0.4 is 5.32 Å². The molecule has 0 amide bonds. The van der Waals surface area contributed by atoms with Gasteiger partial charge in [0, 0.05) is 23.0 Å². The summed E-state index contributed by atoms with van der Waals surface area (Å²) in [5, 5.41) is 20.8. The highest BCUT2D eigenvalue weighted by Crippen LogP contribution is 2.11. The number of nitrogens with one attached hydrogen (secondary N) is 1. The lowest BCUT2D eigenvalue weighted by molar-refractivity contribution is -0.142.